The van der Waals surface area contributed by atoms with Gasteiger partial charge in [-0.25, -0.2) is 4.79 Å². The minimum absolute atomic E-state index is 0.00968. The van der Waals surface area contributed by atoms with Crippen molar-refractivity contribution in [1.82, 2.24) is 5.32 Å². The number of para-hydroxylation sites is 1. The Kier molecular flexibility index (Phi) is 8.02. The first-order chi connectivity index (χ1) is 16.4. The molecule has 34 heavy (non-hydrogen) atoms. The summed E-state index contributed by atoms with van der Waals surface area (Å²) in [6, 6.07) is 19.9. The van der Waals surface area contributed by atoms with E-state index in [1.165, 1.54) is 26.4 Å². The molecule has 0 spiro atoms. The number of methoxy groups -OCH3 is 3. The first kappa shape index (κ1) is 24.1. The predicted octanol–water partition coefficient (Wildman–Crippen LogP) is 3.90. The fourth-order valence-electron chi connectivity index (χ4n) is 3.09. The number of hydrogen-bond acceptors (Lipinski definition) is 6. The van der Waals surface area contributed by atoms with Crippen LogP contribution in [-0.2, 0) is 9.53 Å². The van der Waals surface area contributed by atoms with Crippen molar-refractivity contribution in [1.29, 1.82) is 0 Å². The fraction of sp³-hybridized carbons (Fsp3) is 0.115. The van der Waals surface area contributed by atoms with Crippen molar-refractivity contribution < 1.29 is 28.6 Å². The first-order valence-corrected chi connectivity index (χ1v) is 10.2. The molecule has 0 aromatic heterocycles. The molecule has 8 heteroatoms. The van der Waals surface area contributed by atoms with Gasteiger partial charge in [0.1, 0.15) is 17.2 Å². The SMILES string of the molecule is COC(=O)c1cccc(NC(=O)C(=Cc2ccc(OC)cc2)NC(=O)c2ccccc2OC)c1. The number of ether oxygens (including phenoxy) is 3. The normalized spacial score (nSPS) is 10.7. The van der Waals surface area contributed by atoms with Gasteiger partial charge in [0.15, 0.2) is 0 Å². The Hall–Kier alpha value is -4.59. The molecule has 0 atom stereocenters. The summed E-state index contributed by atoms with van der Waals surface area (Å²) < 4.78 is 15.1. The summed E-state index contributed by atoms with van der Waals surface area (Å²) in [5.41, 5.74) is 1.56. The van der Waals surface area contributed by atoms with Gasteiger partial charge in [-0.1, -0.05) is 30.3 Å². The molecule has 0 radical (unpaired) electrons. The Bertz CT molecular complexity index is 1220. The van der Waals surface area contributed by atoms with E-state index >= 15 is 0 Å². The van der Waals surface area contributed by atoms with Gasteiger partial charge in [0.05, 0.1) is 32.5 Å². The maximum Gasteiger partial charge on any atom is 0.337 e. The Labute approximate surface area is 197 Å². The van der Waals surface area contributed by atoms with Crippen molar-refractivity contribution >= 4 is 29.5 Å². The zero-order chi connectivity index (χ0) is 24.5. The van der Waals surface area contributed by atoms with Crippen molar-refractivity contribution in [3.8, 4) is 11.5 Å². The molecule has 0 aliphatic rings. The summed E-state index contributed by atoms with van der Waals surface area (Å²) >= 11 is 0. The van der Waals surface area contributed by atoms with Crippen LogP contribution in [-0.4, -0.2) is 39.1 Å². The number of rotatable bonds is 8. The van der Waals surface area contributed by atoms with E-state index in [0.29, 0.717) is 22.7 Å². The molecule has 3 rings (SSSR count). The number of amides is 2. The Balaban J connectivity index is 1.92. The average Bonchev–Trinajstić information content (AvgIpc) is 2.88. The molecule has 2 amide bonds. The van der Waals surface area contributed by atoms with Crippen LogP contribution in [0.4, 0.5) is 5.69 Å². The van der Waals surface area contributed by atoms with E-state index in [1.807, 2.05) is 0 Å². The molecule has 2 N–H and O–H groups in total. The molecule has 3 aromatic rings. The molecule has 0 fully saturated rings. The van der Waals surface area contributed by atoms with E-state index < -0.39 is 17.8 Å². The number of nitrogens with one attached hydrogen (secondary N) is 2. The van der Waals surface area contributed by atoms with Gasteiger partial charge in [-0.3, -0.25) is 9.59 Å². The number of hydrogen-bond donors (Lipinski definition) is 2. The standard InChI is InChI=1S/C26H24N2O6/c1-32-20-13-11-17(12-14-20)15-22(28-24(29)21-9-4-5-10-23(21)33-2)25(30)27-19-8-6-7-18(16-19)26(31)34-3/h4-16H,1-3H3,(H,27,30)(H,28,29). The lowest BCUT2D eigenvalue weighted by Gasteiger charge is -2.13. The van der Waals surface area contributed by atoms with Crippen molar-refractivity contribution in [2.24, 2.45) is 0 Å². The Morgan fingerprint density at radius 2 is 1.56 bits per heavy atom. The van der Waals surface area contributed by atoms with Gasteiger partial charge in [0.2, 0.25) is 0 Å². The van der Waals surface area contributed by atoms with Crippen LogP contribution in [0, 0.1) is 0 Å². The lowest BCUT2D eigenvalue weighted by Crippen LogP contribution is -2.31. The molecular formula is C26H24N2O6. The van der Waals surface area contributed by atoms with Crippen LogP contribution in [0.3, 0.4) is 0 Å². The summed E-state index contributed by atoms with van der Waals surface area (Å²) in [4.78, 5) is 37.9. The van der Waals surface area contributed by atoms with Crippen molar-refractivity contribution in [2.45, 2.75) is 0 Å². The highest BCUT2D eigenvalue weighted by molar-refractivity contribution is 6.11. The lowest BCUT2D eigenvalue weighted by atomic mass is 10.1. The molecule has 3 aromatic carbocycles. The topological polar surface area (TPSA) is 103 Å². The van der Waals surface area contributed by atoms with E-state index in [9.17, 15) is 14.4 Å². The van der Waals surface area contributed by atoms with E-state index in [4.69, 9.17) is 14.2 Å². The highest BCUT2D eigenvalue weighted by Crippen LogP contribution is 2.19. The Morgan fingerprint density at radius 3 is 2.24 bits per heavy atom. The maximum atomic E-state index is 13.1. The first-order valence-electron chi connectivity index (χ1n) is 10.2. The molecule has 8 nitrogen and oxygen atoms in total. The zero-order valence-corrected chi connectivity index (χ0v) is 19.0. The van der Waals surface area contributed by atoms with Crippen molar-refractivity contribution in [3.63, 3.8) is 0 Å². The van der Waals surface area contributed by atoms with Gasteiger partial charge < -0.3 is 24.8 Å². The summed E-state index contributed by atoms with van der Waals surface area (Å²) in [7, 11) is 4.29. The van der Waals surface area contributed by atoms with E-state index in [0.717, 1.165) is 0 Å². The zero-order valence-electron chi connectivity index (χ0n) is 19.0. The molecule has 174 valence electrons. The van der Waals surface area contributed by atoms with Gasteiger partial charge in [0.25, 0.3) is 11.8 Å². The number of carbonyl (C=O) groups is 3. The summed E-state index contributed by atoms with van der Waals surface area (Å²) in [5, 5.41) is 5.36. The second kappa shape index (κ2) is 11.3. The quantitative estimate of drug-likeness (QED) is 0.390. The lowest BCUT2D eigenvalue weighted by molar-refractivity contribution is -0.113. The summed E-state index contributed by atoms with van der Waals surface area (Å²) in [6.45, 7) is 0. The van der Waals surface area contributed by atoms with Gasteiger partial charge in [0, 0.05) is 5.69 Å². The van der Waals surface area contributed by atoms with E-state index in [-0.39, 0.29) is 16.8 Å². The predicted molar refractivity (Wildman–Crippen MR) is 128 cm³/mol. The average molecular weight is 460 g/mol. The third-order valence-corrected chi connectivity index (χ3v) is 4.81. The molecule has 0 aliphatic carbocycles. The van der Waals surface area contributed by atoms with Crippen molar-refractivity contribution in [2.75, 3.05) is 26.6 Å². The van der Waals surface area contributed by atoms with Crippen LogP contribution < -0.4 is 20.1 Å². The van der Waals surface area contributed by atoms with Crippen LogP contribution in [0.15, 0.2) is 78.5 Å². The number of anilines is 1. The summed E-state index contributed by atoms with van der Waals surface area (Å²) in [6.07, 6.45) is 1.53. The van der Waals surface area contributed by atoms with Crippen LogP contribution in [0.2, 0.25) is 0 Å². The molecule has 0 heterocycles. The summed E-state index contributed by atoms with van der Waals surface area (Å²) in [5.74, 6) is -0.609. The fourth-order valence-corrected chi connectivity index (χ4v) is 3.09. The van der Waals surface area contributed by atoms with Crippen LogP contribution in [0.25, 0.3) is 6.08 Å². The van der Waals surface area contributed by atoms with E-state index in [2.05, 4.69) is 10.6 Å². The number of esters is 1. The monoisotopic (exact) mass is 460 g/mol. The smallest absolute Gasteiger partial charge is 0.337 e. The molecular weight excluding hydrogens is 436 g/mol. The molecule has 0 bridgehead atoms. The van der Waals surface area contributed by atoms with Crippen LogP contribution in [0.1, 0.15) is 26.3 Å². The maximum absolute atomic E-state index is 13.1. The number of benzene rings is 3. The van der Waals surface area contributed by atoms with Crippen LogP contribution in [0.5, 0.6) is 11.5 Å². The van der Waals surface area contributed by atoms with E-state index in [1.54, 1.807) is 73.8 Å². The highest BCUT2D eigenvalue weighted by atomic mass is 16.5. The van der Waals surface area contributed by atoms with Gasteiger partial charge in [-0.2, -0.15) is 0 Å². The second-order valence-corrected chi connectivity index (χ2v) is 7.01. The van der Waals surface area contributed by atoms with Crippen molar-refractivity contribution in [3.05, 3.63) is 95.2 Å². The minimum atomic E-state index is -0.582. The second-order valence-electron chi connectivity index (χ2n) is 7.01. The molecule has 0 aliphatic heterocycles. The molecule has 0 saturated carbocycles. The number of carbonyl (C=O) groups excluding carboxylic acids is 3. The minimum Gasteiger partial charge on any atom is -0.497 e. The van der Waals surface area contributed by atoms with Gasteiger partial charge >= 0.3 is 5.97 Å². The molecule has 0 saturated heterocycles. The Morgan fingerprint density at radius 1 is 0.824 bits per heavy atom. The third-order valence-electron chi connectivity index (χ3n) is 4.81. The van der Waals surface area contributed by atoms with Gasteiger partial charge in [-0.15, -0.1) is 0 Å². The highest BCUT2D eigenvalue weighted by Gasteiger charge is 2.18. The van der Waals surface area contributed by atoms with Crippen LogP contribution >= 0.6 is 0 Å². The third kappa shape index (κ3) is 6.01. The largest absolute Gasteiger partial charge is 0.497 e. The molecule has 0 unspecified atom stereocenters. The van der Waals surface area contributed by atoms with Gasteiger partial charge in [-0.05, 0) is 54.1 Å².